The van der Waals surface area contributed by atoms with Gasteiger partial charge in [-0.2, -0.15) is 0 Å². The molecule has 0 bridgehead atoms. The number of carbonyl (C=O) groups is 1. The lowest BCUT2D eigenvalue weighted by atomic mass is 10.0. The topological polar surface area (TPSA) is 44.8 Å². The van der Waals surface area contributed by atoms with Gasteiger partial charge in [-0.15, -0.1) is 0 Å². The van der Waals surface area contributed by atoms with E-state index in [1.807, 2.05) is 61.5 Å². The molecule has 0 saturated carbocycles. The molecule has 4 heteroatoms. The van der Waals surface area contributed by atoms with Crippen LogP contribution in [0.5, 0.6) is 17.2 Å². The SMILES string of the molecule is CCCCCCCc1ccc(-c2ccc(Oc3ccc(C(=O)/C=C/c4ccc(OCCCCCCOCC)cc4)cc3)cc2)cc1. The molecule has 4 aromatic rings. The lowest BCUT2D eigenvalue weighted by Gasteiger charge is -2.08. The number of allylic oxidation sites excluding steroid dienone is 1. The Labute approximate surface area is 276 Å². The number of hydrogen-bond acceptors (Lipinski definition) is 4. The summed E-state index contributed by atoms with van der Waals surface area (Å²) in [6.45, 7) is 6.63. The molecular formula is C42H50O4. The lowest BCUT2D eigenvalue weighted by Crippen LogP contribution is -1.98. The highest BCUT2D eigenvalue weighted by molar-refractivity contribution is 6.06. The van der Waals surface area contributed by atoms with Crippen molar-refractivity contribution in [3.05, 3.63) is 120 Å². The van der Waals surface area contributed by atoms with Crippen LogP contribution in [-0.2, 0) is 11.2 Å². The Bertz CT molecular complexity index is 1440. The number of hydrogen-bond donors (Lipinski definition) is 0. The van der Waals surface area contributed by atoms with Crippen LogP contribution in [0.2, 0.25) is 0 Å². The third-order valence-electron chi connectivity index (χ3n) is 8.05. The van der Waals surface area contributed by atoms with E-state index < -0.39 is 0 Å². The van der Waals surface area contributed by atoms with Crippen LogP contribution in [0.4, 0.5) is 0 Å². The molecule has 4 nitrogen and oxygen atoms in total. The average Bonchev–Trinajstić information content (AvgIpc) is 3.10. The normalized spacial score (nSPS) is 11.2. The van der Waals surface area contributed by atoms with Crippen molar-refractivity contribution in [2.45, 2.75) is 78.1 Å². The van der Waals surface area contributed by atoms with E-state index in [2.05, 4.69) is 43.3 Å². The van der Waals surface area contributed by atoms with Crippen LogP contribution in [-0.4, -0.2) is 25.6 Å². The summed E-state index contributed by atoms with van der Waals surface area (Å²) in [7, 11) is 0. The van der Waals surface area contributed by atoms with Gasteiger partial charge in [0, 0.05) is 18.8 Å². The second-order valence-corrected chi connectivity index (χ2v) is 11.7. The van der Waals surface area contributed by atoms with E-state index in [9.17, 15) is 4.79 Å². The molecule has 242 valence electrons. The first-order valence-electron chi connectivity index (χ1n) is 17.1. The van der Waals surface area contributed by atoms with E-state index in [0.717, 1.165) is 61.5 Å². The quantitative estimate of drug-likeness (QED) is 0.0529. The molecule has 0 radical (unpaired) electrons. The van der Waals surface area contributed by atoms with Crippen molar-refractivity contribution >= 4 is 11.9 Å². The highest BCUT2D eigenvalue weighted by atomic mass is 16.5. The molecule has 0 spiro atoms. The second kappa shape index (κ2) is 20.1. The van der Waals surface area contributed by atoms with Crippen molar-refractivity contribution < 1.29 is 19.0 Å². The van der Waals surface area contributed by atoms with Crippen molar-refractivity contribution in [2.24, 2.45) is 0 Å². The summed E-state index contributed by atoms with van der Waals surface area (Å²) in [6.07, 6.45) is 15.6. The minimum absolute atomic E-state index is 0.0527. The van der Waals surface area contributed by atoms with Crippen LogP contribution in [0, 0.1) is 0 Å². The smallest absolute Gasteiger partial charge is 0.185 e. The Morgan fingerprint density at radius 1 is 0.587 bits per heavy atom. The Kier molecular flexibility index (Phi) is 15.1. The largest absolute Gasteiger partial charge is 0.494 e. The molecule has 4 rings (SSSR count). The van der Waals surface area contributed by atoms with Crippen LogP contribution < -0.4 is 9.47 Å². The van der Waals surface area contributed by atoms with Gasteiger partial charge in [0.2, 0.25) is 0 Å². The van der Waals surface area contributed by atoms with E-state index in [4.69, 9.17) is 14.2 Å². The highest BCUT2D eigenvalue weighted by Gasteiger charge is 2.05. The predicted octanol–water partition coefficient (Wildman–Crippen LogP) is 11.5. The van der Waals surface area contributed by atoms with E-state index in [0.29, 0.717) is 17.9 Å². The molecule has 46 heavy (non-hydrogen) atoms. The van der Waals surface area contributed by atoms with Gasteiger partial charge in [-0.1, -0.05) is 93.6 Å². The summed E-state index contributed by atoms with van der Waals surface area (Å²) in [6, 6.07) is 32.2. The molecule has 0 aliphatic heterocycles. The van der Waals surface area contributed by atoms with Crippen LogP contribution in [0.15, 0.2) is 103 Å². The predicted molar refractivity (Wildman–Crippen MR) is 191 cm³/mol. The zero-order valence-corrected chi connectivity index (χ0v) is 27.7. The summed E-state index contributed by atoms with van der Waals surface area (Å²) in [5.74, 6) is 2.25. The van der Waals surface area contributed by atoms with Gasteiger partial charge in [-0.3, -0.25) is 4.79 Å². The van der Waals surface area contributed by atoms with Crippen molar-refractivity contribution in [3.8, 4) is 28.4 Å². The van der Waals surface area contributed by atoms with Gasteiger partial charge in [-0.05, 0) is 116 Å². The Hall–Kier alpha value is -4.15. The summed E-state index contributed by atoms with van der Waals surface area (Å²) in [4.78, 5) is 12.8. The lowest BCUT2D eigenvalue weighted by molar-refractivity contribution is 0.104. The summed E-state index contributed by atoms with van der Waals surface area (Å²) in [5, 5.41) is 0. The monoisotopic (exact) mass is 618 g/mol. The number of ketones is 1. The fourth-order valence-corrected chi connectivity index (χ4v) is 5.27. The van der Waals surface area contributed by atoms with Crippen molar-refractivity contribution in [1.82, 2.24) is 0 Å². The summed E-state index contributed by atoms with van der Waals surface area (Å²) >= 11 is 0. The molecule has 0 aliphatic carbocycles. The standard InChI is InChI=1S/C42H50O4/c1-3-5-6-7-10-13-34-14-19-36(20-15-34)37-21-27-40(28-22-37)46-41-29-23-38(24-30-41)42(43)31-18-35-16-25-39(26-17-35)45-33-12-9-8-11-32-44-4-2/h14-31H,3-13,32-33H2,1-2H3/b31-18+. The number of unbranched alkanes of at least 4 members (excludes halogenated alkanes) is 7. The van der Waals surface area contributed by atoms with E-state index in [1.54, 1.807) is 18.2 Å². The summed E-state index contributed by atoms with van der Waals surface area (Å²) in [5.41, 5.74) is 5.34. The van der Waals surface area contributed by atoms with E-state index in [-0.39, 0.29) is 5.78 Å². The first kappa shape index (κ1) is 34.7. The van der Waals surface area contributed by atoms with Gasteiger partial charge in [0.15, 0.2) is 5.78 Å². The van der Waals surface area contributed by atoms with Crippen LogP contribution in [0.25, 0.3) is 17.2 Å². The molecule has 0 aromatic heterocycles. The number of benzene rings is 4. The highest BCUT2D eigenvalue weighted by Crippen LogP contribution is 2.27. The fourth-order valence-electron chi connectivity index (χ4n) is 5.27. The average molecular weight is 619 g/mol. The van der Waals surface area contributed by atoms with Crippen molar-refractivity contribution in [1.29, 1.82) is 0 Å². The number of aryl methyl sites for hydroxylation is 1. The Morgan fingerprint density at radius 3 is 1.80 bits per heavy atom. The third kappa shape index (κ3) is 12.3. The zero-order chi connectivity index (χ0) is 32.2. The maximum Gasteiger partial charge on any atom is 0.185 e. The number of ether oxygens (including phenoxy) is 3. The minimum atomic E-state index is -0.0527. The van der Waals surface area contributed by atoms with Gasteiger partial charge in [0.25, 0.3) is 0 Å². The molecule has 0 N–H and O–H groups in total. The van der Waals surface area contributed by atoms with E-state index >= 15 is 0 Å². The fraction of sp³-hybridized carbons (Fsp3) is 0.357. The minimum Gasteiger partial charge on any atom is -0.494 e. The van der Waals surface area contributed by atoms with Gasteiger partial charge in [0.1, 0.15) is 17.2 Å². The maximum atomic E-state index is 12.8. The van der Waals surface area contributed by atoms with E-state index in [1.165, 1.54) is 49.7 Å². The van der Waals surface area contributed by atoms with Crippen LogP contribution in [0.3, 0.4) is 0 Å². The third-order valence-corrected chi connectivity index (χ3v) is 8.05. The van der Waals surface area contributed by atoms with Gasteiger partial charge in [0.05, 0.1) is 6.61 Å². The molecule has 0 amide bonds. The first-order valence-corrected chi connectivity index (χ1v) is 17.1. The van der Waals surface area contributed by atoms with Crippen molar-refractivity contribution in [3.63, 3.8) is 0 Å². The van der Waals surface area contributed by atoms with Gasteiger partial charge < -0.3 is 14.2 Å². The molecule has 0 heterocycles. The maximum absolute atomic E-state index is 12.8. The molecule has 0 atom stereocenters. The van der Waals surface area contributed by atoms with Gasteiger partial charge >= 0.3 is 0 Å². The van der Waals surface area contributed by atoms with Crippen LogP contribution >= 0.6 is 0 Å². The van der Waals surface area contributed by atoms with Gasteiger partial charge in [-0.25, -0.2) is 0 Å². The number of rotatable bonds is 21. The molecule has 0 unspecified atom stereocenters. The molecule has 0 fully saturated rings. The molecular weight excluding hydrogens is 568 g/mol. The number of carbonyl (C=O) groups excluding carboxylic acids is 1. The zero-order valence-electron chi connectivity index (χ0n) is 27.7. The molecule has 0 aliphatic rings. The molecule has 0 saturated heterocycles. The van der Waals surface area contributed by atoms with Crippen molar-refractivity contribution in [2.75, 3.05) is 19.8 Å². The van der Waals surface area contributed by atoms with Crippen LogP contribution in [0.1, 0.15) is 93.1 Å². The Morgan fingerprint density at radius 2 is 1.15 bits per heavy atom. The second-order valence-electron chi connectivity index (χ2n) is 11.7. The summed E-state index contributed by atoms with van der Waals surface area (Å²) < 4.78 is 17.3. The Balaban J connectivity index is 1.19. The molecule has 4 aromatic carbocycles. The first-order chi connectivity index (χ1) is 22.6.